The number of aromatic nitrogens is 1. The fourth-order valence-corrected chi connectivity index (χ4v) is 1.02. The lowest BCUT2D eigenvalue weighted by atomic mass is 10.1. The summed E-state index contributed by atoms with van der Waals surface area (Å²) >= 11 is 0. The number of pyridine rings is 1. The van der Waals surface area contributed by atoms with Gasteiger partial charge in [-0.05, 0) is 24.5 Å². The second kappa shape index (κ2) is 7.54. The first kappa shape index (κ1) is 13.1. The Bertz CT molecular complexity index is 259. The summed E-state index contributed by atoms with van der Waals surface area (Å²) < 4.78 is 0. The molecule has 2 N–H and O–H groups in total. The fraction of sp³-hybridized carbons (Fsp3) is 0.364. The number of halogens is 1. The van der Waals surface area contributed by atoms with E-state index in [9.17, 15) is 0 Å². The van der Waals surface area contributed by atoms with Crippen LogP contribution in [0.15, 0.2) is 30.6 Å². The molecule has 0 aromatic carbocycles. The highest BCUT2D eigenvalue weighted by Crippen LogP contribution is 2.01. The number of rotatable bonds is 4. The van der Waals surface area contributed by atoms with Crippen LogP contribution >= 0.6 is 12.4 Å². The minimum absolute atomic E-state index is 0. The van der Waals surface area contributed by atoms with Crippen LogP contribution in [0, 0.1) is 0 Å². The van der Waals surface area contributed by atoms with Crippen molar-refractivity contribution in [1.82, 2.24) is 4.98 Å². The molecule has 0 saturated carbocycles. The number of hydrogen-bond acceptors (Lipinski definition) is 2. The van der Waals surface area contributed by atoms with Gasteiger partial charge in [0.1, 0.15) is 0 Å². The molecular formula is C11H17ClN2. The topological polar surface area (TPSA) is 38.9 Å². The second-order valence-corrected chi connectivity index (χ2v) is 3.09. The van der Waals surface area contributed by atoms with E-state index in [2.05, 4.69) is 24.1 Å². The highest BCUT2D eigenvalue weighted by Gasteiger charge is 1.93. The van der Waals surface area contributed by atoms with Crippen molar-refractivity contribution in [2.24, 2.45) is 5.73 Å². The van der Waals surface area contributed by atoms with Gasteiger partial charge in [-0.1, -0.05) is 25.1 Å². The van der Waals surface area contributed by atoms with Crippen molar-refractivity contribution in [3.63, 3.8) is 0 Å². The molecular weight excluding hydrogens is 196 g/mol. The van der Waals surface area contributed by atoms with Crippen molar-refractivity contribution < 1.29 is 0 Å². The van der Waals surface area contributed by atoms with Crippen LogP contribution in [0.25, 0.3) is 6.08 Å². The molecule has 1 unspecified atom stereocenters. The Morgan fingerprint density at radius 2 is 2.36 bits per heavy atom. The van der Waals surface area contributed by atoms with Gasteiger partial charge in [0.2, 0.25) is 0 Å². The van der Waals surface area contributed by atoms with E-state index in [1.165, 1.54) is 0 Å². The van der Waals surface area contributed by atoms with Crippen LogP contribution in [0.5, 0.6) is 0 Å². The maximum atomic E-state index is 5.77. The standard InChI is InChI=1S/C11H16N2.ClH/c1-2-11(12)7-3-5-10-6-4-8-13-9-10;/h3-6,8-9,11H,2,7,12H2,1H3;1H/b5-3+;. The zero-order chi connectivity index (χ0) is 9.52. The fourth-order valence-electron chi connectivity index (χ4n) is 1.02. The third-order valence-electron chi connectivity index (χ3n) is 1.96. The van der Waals surface area contributed by atoms with E-state index in [0.717, 1.165) is 18.4 Å². The van der Waals surface area contributed by atoms with Gasteiger partial charge in [-0.15, -0.1) is 12.4 Å². The quantitative estimate of drug-likeness (QED) is 0.834. The molecule has 0 spiro atoms. The normalized spacial score (nSPS) is 12.4. The van der Waals surface area contributed by atoms with Gasteiger partial charge in [-0.25, -0.2) is 0 Å². The van der Waals surface area contributed by atoms with Gasteiger partial charge in [-0.2, -0.15) is 0 Å². The molecule has 2 nitrogen and oxygen atoms in total. The van der Waals surface area contributed by atoms with E-state index < -0.39 is 0 Å². The zero-order valence-electron chi connectivity index (χ0n) is 8.39. The van der Waals surface area contributed by atoms with Gasteiger partial charge in [0.05, 0.1) is 0 Å². The van der Waals surface area contributed by atoms with E-state index >= 15 is 0 Å². The summed E-state index contributed by atoms with van der Waals surface area (Å²) in [6.45, 7) is 2.10. The maximum absolute atomic E-state index is 5.77. The van der Waals surface area contributed by atoms with Crippen LogP contribution < -0.4 is 5.73 Å². The maximum Gasteiger partial charge on any atom is 0.0340 e. The molecule has 1 aromatic heterocycles. The lowest BCUT2D eigenvalue weighted by Crippen LogP contribution is -2.16. The summed E-state index contributed by atoms with van der Waals surface area (Å²) in [4.78, 5) is 4.02. The van der Waals surface area contributed by atoms with Crippen LogP contribution in [-0.2, 0) is 0 Å². The Hall–Kier alpha value is -0.860. The number of nitrogens with zero attached hydrogens (tertiary/aromatic N) is 1. The lowest BCUT2D eigenvalue weighted by Gasteiger charge is -2.02. The van der Waals surface area contributed by atoms with Gasteiger partial charge >= 0.3 is 0 Å². The van der Waals surface area contributed by atoms with Gasteiger partial charge in [-0.3, -0.25) is 4.98 Å². The Balaban J connectivity index is 0.00000169. The Morgan fingerprint density at radius 3 is 2.93 bits per heavy atom. The van der Waals surface area contributed by atoms with Gasteiger partial charge in [0, 0.05) is 18.4 Å². The molecule has 78 valence electrons. The highest BCUT2D eigenvalue weighted by molar-refractivity contribution is 5.85. The minimum atomic E-state index is 0. The molecule has 3 heteroatoms. The third-order valence-corrected chi connectivity index (χ3v) is 1.96. The first-order chi connectivity index (χ1) is 6.33. The molecule has 0 fully saturated rings. The Labute approximate surface area is 91.6 Å². The van der Waals surface area contributed by atoms with Crippen molar-refractivity contribution >= 4 is 18.5 Å². The molecule has 0 saturated heterocycles. The summed E-state index contributed by atoms with van der Waals surface area (Å²) in [5.41, 5.74) is 6.90. The molecule has 0 amide bonds. The van der Waals surface area contributed by atoms with Crippen LogP contribution in [-0.4, -0.2) is 11.0 Å². The molecule has 1 rings (SSSR count). The zero-order valence-corrected chi connectivity index (χ0v) is 9.20. The average Bonchev–Trinajstić information content (AvgIpc) is 2.19. The monoisotopic (exact) mass is 212 g/mol. The number of nitrogens with two attached hydrogens (primary N) is 1. The molecule has 1 heterocycles. The predicted octanol–water partition coefficient (Wildman–Crippen LogP) is 2.64. The Morgan fingerprint density at radius 1 is 1.57 bits per heavy atom. The number of hydrogen-bond donors (Lipinski definition) is 1. The van der Waals surface area contributed by atoms with E-state index in [0.29, 0.717) is 0 Å². The van der Waals surface area contributed by atoms with Crippen LogP contribution in [0.4, 0.5) is 0 Å². The third kappa shape index (κ3) is 5.00. The van der Waals surface area contributed by atoms with Crippen molar-refractivity contribution in [2.75, 3.05) is 0 Å². The predicted molar refractivity (Wildman–Crippen MR) is 63.4 cm³/mol. The highest BCUT2D eigenvalue weighted by atomic mass is 35.5. The molecule has 1 atom stereocenters. The molecule has 0 aliphatic carbocycles. The summed E-state index contributed by atoms with van der Waals surface area (Å²) in [5, 5.41) is 0. The molecule has 14 heavy (non-hydrogen) atoms. The van der Waals surface area contributed by atoms with Crippen LogP contribution in [0.3, 0.4) is 0 Å². The van der Waals surface area contributed by atoms with Crippen molar-refractivity contribution in [2.45, 2.75) is 25.8 Å². The summed E-state index contributed by atoms with van der Waals surface area (Å²) in [7, 11) is 0. The SMILES string of the molecule is CCC(N)C/C=C/c1cccnc1.Cl. The van der Waals surface area contributed by atoms with Crippen molar-refractivity contribution in [3.05, 3.63) is 36.2 Å². The summed E-state index contributed by atoms with van der Waals surface area (Å²) in [6, 6.07) is 4.24. The molecule has 0 aliphatic rings. The van der Waals surface area contributed by atoms with Gasteiger partial charge in [0.25, 0.3) is 0 Å². The van der Waals surface area contributed by atoms with Crippen LogP contribution in [0.2, 0.25) is 0 Å². The Kier molecular flexibility index (Phi) is 7.07. The van der Waals surface area contributed by atoms with E-state index in [-0.39, 0.29) is 18.4 Å². The molecule has 1 aromatic rings. The largest absolute Gasteiger partial charge is 0.327 e. The van der Waals surface area contributed by atoms with Gasteiger partial charge in [0.15, 0.2) is 0 Å². The molecule has 0 bridgehead atoms. The average molecular weight is 213 g/mol. The summed E-state index contributed by atoms with van der Waals surface area (Å²) in [5.74, 6) is 0. The van der Waals surface area contributed by atoms with Crippen molar-refractivity contribution in [1.29, 1.82) is 0 Å². The minimum Gasteiger partial charge on any atom is -0.327 e. The smallest absolute Gasteiger partial charge is 0.0340 e. The second-order valence-electron chi connectivity index (χ2n) is 3.09. The first-order valence-electron chi connectivity index (χ1n) is 4.65. The molecule has 0 aliphatic heterocycles. The summed E-state index contributed by atoms with van der Waals surface area (Å²) in [6.07, 6.45) is 9.74. The van der Waals surface area contributed by atoms with E-state index in [1.807, 2.05) is 18.3 Å². The van der Waals surface area contributed by atoms with Gasteiger partial charge < -0.3 is 5.73 Å². The van der Waals surface area contributed by atoms with E-state index in [4.69, 9.17) is 5.73 Å². The van der Waals surface area contributed by atoms with E-state index in [1.54, 1.807) is 6.20 Å². The first-order valence-corrected chi connectivity index (χ1v) is 4.65. The van der Waals surface area contributed by atoms with Crippen LogP contribution in [0.1, 0.15) is 25.3 Å². The van der Waals surface area contributed by atoms with Crippen molar-refractivity contribution in [3.8, 4) is 0 Å². The lowest BCUT2D eigenvalue weighted by molar-refractivity contribution is 0.660. The molecule has 0 radical (unpaired) electrons.